The van der Waals surface area contributed by atoms with Crippen molar-refractivity contribution in [3.05, 3.63) is 59.3 Å². The summed E-state index contributed by atoms with van der Waals surface area (Å²) in [7, 11) is 1.57. The van der Waals surface area contributed by atoms with Gasteiger partial charge in [-0.05, 0) is 43.7 Å². The molecule has 0 amide bonds. The van der Waals surface area contributed by atoms with Gasteiger partial charge in [-0.15, -0.1) is 0 Å². The molecular formula is C26H31N3O5. The van der Waals surface area contributed by atoms with Crippen LogP contribution in [-0.2, 0) is 16.1 Å². The number of aliphatic carboxylic acids is 2. The average molecular weight is 466 g/mol. The van der Waals surface area contributed by atoms with Crippen molar-refractivity contribution >= 4 is 28.5 Å². The van der Waals surface area contributed by atoms with Crippen molar-refractivity contribution in [3.63, 3.8) is 0 Å². The molecule has 1 aliphatic rings. The van der Waals surface area contributed by atoms with Crippen molar-refractivity contribution in [1.29, 1.82) is 0 Å². The molecule has 1 aromatic heterocycles. The molecule has 3 aromatic rings. The van der Waals surface area contributed by atoms with Crippen LogP contribution in [0, 0.1) is 13.8 Å². The number of hydrogen-bond donors (Lipinski definition) is 2. The van der Waals surface area contributed by atoms with E-state index in [1.807, 2.05) is 27.7 Å². The lowest BCUT2D eigenvalue weighted by molar-refractivity contribution is -0.143. The van der Waals surface area contributed by atoms with E-state index in [1.165, 1.54) is 16.8 Å². The molecule has 8 nitrogen and oxygen atoms in total. The van der Waals surface area contributed by atoms with Crippen LogP contribution in [0.4, 0.5) is 5.69 Å². The monoisotopic (exact) mass is 465 g/mol. The number of ether oxygens (including phenoxy) is 1. The standard InChI is InChI=1S/C26H31N3O5/c1-17-4-6-22(18(2)14-17)27-10-12-28(13-11-27)25(26(32)33)21-16-29(9-8-24(30)31)23-7-5-19(34-3)15-20(21)23/h4-7,14-16,25H,8-13H2,1-3H3,(H,30,31)(H,32,33)/t25-/m1/s1. The topological polar surface area (TPSA) is 95.2 Å². The van der Waals surface area contributed by atoms with Crippen LogP contribution in [0.3, 0.4) is 0 Å². The Kier molecular flexibility index (Phi) is 6.79. The SMILES string of the molecule is COc1ccc2c(c1)c([C@H](C(=O)O)N1CCN(c3ccc(C)cc3C)CC1)cn2CCC(=O)O. The van der Waals surface area contributed by atoms with E-state index < -0.39 is 18.0 Å². The van der Waals surface area contributed by atoms with Crippen molar-refractivity contribution in [3.8, 4) is 5.75 Å². The van der Waals surface area contributed by atoms with Gasteiger partial charge in [0, 0.05) is 61.1 Å². The van der Waals surface area contributed by atoms with Crippen LogP contribution in [0.5, 0.6) is 5.75 Å². The normalized spacial score (nSPS) is 15.4. The molecule has 1 aliphatic heterocycles. The number of nitrogens with zero attached hydrogens (tertiary/aromatic N) is 3. The van der Waals surface area contributed by atoms with Crippen LogP contribution in [0.1, 0.15) is 29.2 Å². The largest absolute Gasteiger partial charge is 0.497 e. The van der Waals surface area contributed by atoms with Crippen LogP contribution >= 0.6 is 0 Å². The summed E-state index contributed by atoms with van der Waals surface area (Å²) in [5.41, 5.74) is 5.09. The molecule has 2 heterocycles. The van der Waals surface area contributed by atoms with E-state index >= 15 is 0 Å². The molecule has 1 saturated heterocycles. The number of rotatable bonds is 8. The smallest absolute Gasteiger partial charge is 0.325 e. The molecule has 2 aromatic carbocycles. The number of fused-ring (bicyclic) bond motifs is 1. The fourth-order valence-electron chi connectivity index (χ4n) is 4.92. The van der Waals surface area contributed by atoms with E-state index in [-0.39, 0.29) is 13.0 Å². The molecule has 0 saturated carbocycles. The minimum atomic E-state index is -0.917. The predicted octanol–water partition coefficient (Wildman–Crippen LogP) is 3.69. The number of carboxylic acids is 2. The van der Waals surface area contributed by atoms with Gasteiger partial charge in [0.25, 0.3) is 0 Å². The van der Waals surface area contributed by atoms with Gasteiger partial charge in [0.2, 0.25) is 0 Å². The van der Waals surface area contributed by atoms with Crippen molar-refractivity contribution in [2.24, 2.45) is 0 Å². The molecule has 34 heavy (non-hydrogen) atoms. The quantitative estimate of drug-likeness (QED) is 0.524. The Morgan fingerprint density at radius 3 is 2.38 bits per heavy atom. The summed E-state index contributed by atoms with van der Waals surface area (Å²) < 4.78 is 7.22. The van der Waals surface area contributed by atoms with Gasteiger partial charge in [0.1, 0.15) is 11.8 Å². The third kappa shape index (κ3) is 4.72. The van der Waals surface area contributed by atoms with Crippen LogP contribution in [0.15, 0.2) is 42.6 Å². The number of anilines is 1. The summed E-state index contributed by atoms with van der Waals surface area (Å²) >= 11 is 0. The lowest BCUT2D eigenvalue weighted by Gasteiger charge is -2.39. The van der Waals surface area contributed by atoms with Crippen molar-refractivity contribution in [1.82, 2.24) is 9.47 Å². The van der Waals surface area contributed by atoms with Gasteiger partial charge in [-0.3, -0.25) is 14.5 Å². The van der Waals surface area contributed by atoms with E-state index in [0.717, 1.165) is 24.0 Å². The summed E-state index contributed by atoms with van der Waals surface area (Å²) in [5.74, 6) is -1.18. The fraction of sp³-hybridized carbons (Fsp3) is 0.385. The summed E-state index contributed by atoms with van der Waals surface area (Å²) in [4.78, 5) is 28.0. The predicted molar refractivity (Wildman–Crippen MR) is 131 cm³/mol. The number of carboxylic acid groups (broad SMARTS) is 2. The lowest BCUT2D eigenvalue weighted by atomic mass is 10.0. The molecular weight excluding hydrogens is 434 g/mol. The van der Waals surface area contributed by atoms with E-state index in [0.29, 0.717) is 24.4 Å². The molecule has 8 heteroatoms. The Balaban J connectivity index is 1.64. The zero-order valence-electron chi connectivity index (χ0n) is 19.8. The first-order valence-electron chi connectivity index (χ1n) is 11.5. The number of hydrogen-bond acceptors (Lipinski definition) is 5. The van der Waals surface area contributed by atoms with Crippen molar-refractivity contribution < 1.29 is 24.5 Å². The average Bonchev–Trinajstić information content (AvgIpc) is 3.15. The summed E-state index contributed by atoms with van der Waals surface area (Å²) in [5, 5.41) is 20.2. The molecule has 0 bridgehead atoms. The molecule has 1 fully saturated rings. The van der Waals surface area contributed by atoms with Gasteiger partial charge < -0.3 is 24.4 Å². The van der Waals surface area contributed by atoms with E-state index in [4.69, 9.17) is 9.84 Å². The van der Waals surface area contributed by atoms with E-state index in [2.05, 4.69) is 36.9 Å². The number of benzene rings is 2. The highest BCUT2D eigenvalue weighted by molar-refractivity contribution is 5.90. The molecule has 2 N–H and O–H groups in total. The molecule has 0 spiro atoms. The van der Waals surface area contributed by atoms with Crippen molar-refractivity contribution in [2.45, 2.75) is 32.9 Å². The van der Waals surface area contributed by atoms with Crippen LogP contribution < -0.4 is 9.64 Å². The summed E-state index contributed by atoms with van der Waals surface area (Å²) in [6, 6.07) is 11.1. The maximum atomic E-state index is 12.5. The van der Waals surface area contributed by atoms with Crippen LogP contribution in [0.2, 0.25) is 0 Å². The molecule has 4 rings (SSSR count). The molecule has 180 valence electrons. The highest BCUT2D eigenvalue weighted by Crippen LogP contribution is 2.34. The number of methoxy groups -OCH3 is 1. The van der Waals surface area contributed by atoms with Gasteiger partial charge in [-0.2, -0.15) is 0 Å². The van der Waals surface area contributed by atoms with Gasteiger partial charge in [-0.25, -0.2) is 0 Å². The first kappa shape index (κ1) is 23.6. The fourth-order valence-corrected chi connectivity index (χ4v) is 4.92. The number of aromatic nitrogens is 1. The number of carbonyl (C=O) groups is 2. The van der Waals surface area contributed by atoms with Crippen LogP contribution in [-0.4, -0.2) is 64.9 Å². The maximum Gasteiger partial charge on any atom is 0.325 e. The Labute approximate surface area is 199 Å². The second-order valence-electron chi connectivity index (χ2n) is 8.86. The summed E-state index contributed by atoms with van der Waals surface area (Å²) in [6.07, 6.45) is 1.75. The third-order valence-corrected chi connectivity index (χ3v) is 6.59. The Hall–Kier alpha value is -3.52. The minimum absolute atomic E-state index is 0.0401. The third-order valence-electron chi connectivity index (χ3n) is 6.59. The Morgan fingerprint density at radius 2 is 1.76 bits per heavy atom. The van der Waals surface area contributed by atoms with Gasteiger partial charge in [0.15, 0.2) is 0 Å². The van der Waals surface area contributed by atoms with Crippen molar-refractivity contribution in [2.75, 3.05) is 38.2 Å². The van der Waals surface area contributed by atoms with Gasteiger partial charge in [0.05, 0.1) is 13.5 Å². The Bertz CT molecular complexity index is 1210. The summed E-state index contributed by atoms with van der Waals surface area (Å²) in [6.45, 7) is 7.13. The zero-order valence-corrected chi connectivity index (χ0v) is 19.8. The first-order chi connectivity index (χ1) is 16.3. The molecule has 0 radical (unpaired) electrons. The Morgan fingerprint density at radius 1 is 1.03 bits per heavy atom. The van der Waals surface area contributed by atoms with Gasteiger partial charge in [-0.1, -0.05) is 17.7 Å². The second-order valence-corrected chi connectivity index (χ2v) is 8.86. The molecule has 1 atom stereocenters. The maximum absolute atomic E-state index is 12.5. The highest BCUT2D eigenvalue weighted by atomic mass is 16.5. The van der Waals surface area contributed by atoms with Crippen LogP contribution in [0.25, 0.3) is 10.9 Å². The van der Waals surface area contributed by atoms with Gasteiger partial charge >= 0.3 is 11.9 Å². The lowest BCUT2D eigenvalue weighted by Crippen LogP contribution is -2.49. The number of aryl methyl sites for hydroxylation is 3. The molecule has 0 aliphatic carbocycles. The molecule has 0 unspecified atom stereocenters. The number of piperazine rings is 1. The zero-order chi connectivity index (χ0) is 24.4. The second kappa shape index (κ2) is 9.77. The highest BCUT2D eigenvalue weighted by Gasteiger charge is 2.33. The minimum Gasteiger partial charge on any atom is -0.497 e. The van der Waals surface area contributed by atoms with E-state index in [9.17, 15) is 14.7 Å². The van der Waals surface area contributed by atoms with E-state index in [1.54, 1.807) is 13.3 Å². The first-order valence-corrected chi connectivity index (χ1v) is 11.5.